The largest absolute Gasteiger partial charge is 0.508 e. The molecule has 0 radical (unpaired) electrons. The Morgan fingerprint density at radius 3 is 2.41 bits per heavy atom. The van der Waals surface area contributed by atoms with Crippen LogP contribution in [0.5, 0.6) is 5.75 Å². The van der Waals surface area contributed by atoms with E-state index in [2.05, 4.69) is 53.5 Å². The molecule has 2 atom stereocenters. The molecule has 3 aromatic rings. The quantitative estimate of drug-likeness (QED) is 0.600. The fourth-order valence-electron chi connectivity index (χ4n) is 4.46. The lowest BCUT2D eigenvalue weighted by Crippen LogP contribution is -2.29. The maximum absolute atomic E-state index is 9.74. The minimum absolute atomic E-state index is 0.0411. The van der Waals surface area contributed by atoms with Crippen LogP contribution in [0.25, 0.3) is 0 Å². The molecule has 1 saturated heterocycles. The minimum Gasteiger partial charge on any atom is -0.508 e. The van der Waals surface area contributed by atoms with E-state index >= 15 is 0 Å². The maximum atomic E-state index is 9.74. The fraction of sp³-hybridized carbons (Fsp3) is 0.304. The number of thiocarbonyl (C=S) groups is 1. The van der Waals surface area contributed by atoms with Gasteiger partial charge in [0.05, 0.1) is 17.8 Å². The zero-order chi connectivity index (χ0) is 20.7. The molecule has 0 amide bonds. The summed E-state index contributed by atoms with van der Waals surface area (Å²) < 4.78 is 2.36. The van der Waals surface area contributed by atoms with Crippen LogP contribution >= 0.6 is 12.2 Å². The lowest BCUT2D eigenvalue weighted by Gasteiger charge is -2.28. The Hall–Kier alpha value is -2.86. The Morgan fingerprint density at radius 1 is 1.10 bits per heavy atom. The van der Waals surface area contributed by atoms with E-state index in [1.807, 2.05) is 36.5 Å². The van der Waals surface area contributed by atoms with Gasteiger partial charge in [0.15, 0.2) is 5.11 Å². The predicted octanol–water partition coefficient (Wildman–Crippen LogP) is 4.96. The predicted molar refractivity (Wildman–Crippen MR) is 120 cm³/mol. The van der Waals surface area contributed by atoms with Crippen molar-refractivity contribution in [3.8, 4) is 5.75 Å². The molecule has 1 aromatic carbocycles. The second kappa shape index (κ2) is 7.52. The number of hydrogen-bond donors (Lipinski definition) is 2. The normalized spacial score (nSPS) is 19.1. The van der Waals surface area contributed by atoms with E-state index in [4.69, 9.17) is 12.2 Å². The van der Waals surface area contributed by atoms with E-state index in [1.165, 1.54) is 17.0 Å². The lowest BCUT2D eigenvalue weighted by molar-refractivity contribution is 0.475. The van der Waals surface area contributed by atoms with Crippen molar-refractivity contribution in [1.29, 1.82) is 0 Å². The van der Waals surface area contributed by atoms with Crippen LogP contribution in [-0.2, 0) is 0 Å². The Balaban J connectivity index is 1.88. The van der Waals surface area contributed by atoms with Gasteiger partial charge in [-0.1, -0.05) is 6.07 Å². The van der Waals surface area contributed by atoms with Crippen molar-refractivity contribution in [3.05, 3.63) is 77.4 Å². The van der Waals surface area contributed by atoms with Crippen LogP contribution in [0.4, 0.5) is 5.69 Å². The molecule has 1 fully saturated rings. The molecule has 5 nitrogen and oxygen atoms in total. The highest BCUT2D eigenvalue weighted by Crippen LogP contribution is 2.43. The molecule has 1 aliphatic rings. The third-order valence-electron chi connectivity index (χ3n) is 5.58. The first-order valence-corrected chi connectivity index (χ1v) is 10.3. The zero-order valence-corrected chi connectivity index (χ0v) is 17.9. The maximum Gasteiger partial charge on any atom is 0.174 e. The molecule has 0 saturated carbocycles. The number of hydrogen-bond acceptors (Lipinski definition) is 3. The average molecular weight is 407 g/mol. The third-order valence-corrected chi connectivity index (χ3v) is 5.90. The van der Waals surface area contributed by atoms with Gasteiger partial charge < -0.3 is 19.9 Å². The molecular weight excluding hydrogens is 380 g/mol. The molecule has 3 heterocycles. The highest BCUT2D eigenvalue weighted by Gasteiger charge is 2.42. The van der Waals surface area contributed by atoms with E-state index in [1.54, 1.807) is 12.1 Å². The standard InChI is InChI=1S/C23H26N4OS/c1-14(2)26-15(3)13-19(16(26)4)22-21(20-7-5-6-12-24-20)25-23(29)27(22)17-8-10-18(28)11-9-17/h5-14,21-22,28H,1-4H3,(H,25,29). The Bertz CT molecular complexity index is 1030. The molecule has 2 aromatic heterocycles. The molecule has 0 aliphatic carbocycles. The van der Waals surface area contributed by atoms with Crippen LogP contribution in [0.3, 0.4) is 0 Å². The SMILES string of the molecule is Cc1cc(C2C(c3ccccn3)NC(=S)N2c2ccc(O)cc2)c(C)n1C(C)C. The van der Waals surface area contributed by atoms with Crippen molar-refractivity contribution >= 4 is 23.0 Å². The first-order valence-electron chi connectivity index (χ1n) is 9.86. The lowest BCUT2D eigenvalue weighted by atomic mass is 9.96. The highest BCUT2D eigenvalue weighted by atomic mass is 32.1. The summed E-state index contributed by atoms with van der Waals surface area (Å²) in [6, 6.07) is 15.7. The molecule has 150 valence electrons. The van der Waals surface area contributed by atoms with E-state index in [9.17, 15) is 5.11 Å². The Morgan fingerprint density at radius 2 is 1.83 bits per heavy atom. The van der Waals surface area contributed by atoms with Crippen LogP contribution in [0.2, 0.25) is 0 Å². The second-order valence-corrected chi connectivity index (χ2v) is 8.19. The number of nitrogens with one attached hydrogen (secondary N) is 1. The Labute approximate surface area is 177 Å². The van der Waals surface area contributed by atoms with Gasteiger partial charge >= 0.3 is 0 Å². The first kappa shape index (κ1) is 19.5. The van der Waals surface area contributed by atoms with Crippen molar-refractivity contribution < 1.29 is 5.11 Å². The van der Waals surface area contributed by atoms with Crippen molar-refractivity contribution in [2.45, 2.75) is 45.8 Å². The molecule has 4 rings (SSSR count). The number of anilines is 1. The summed E-state index contributed by atoms with van der Waals surface area (Å²) in [5.74, 6) is 0.239. The molecule has 6 heteroatoms. The monoisotopic (exact) mass is 406 g/mol. The topological polar surface area (TPSA) is 53.3 Å². The average Bonchev–Trinajstić information content (AvgIpc) is 3.19. The van der Waals surface area contributed by atoms with Gasteiger partial charge in [-0.3, -0.25) is 4.98 Å². The number of aryl methyl sites for hydroxylation is 1. The summed E-state index contributed by atoms with van der Waals surface area (Å²) in [6.45, 7) is 8.73. The fourth-order valence-corrected chi connectivity index (χ4v) is 4.80. The van der Waals surface area contributed by atoms with Crippen LogP contribution < -0.4 is 10.2 Å². The summed E-state index contributed by atoms with van der Waals surface area (Å²) in [4.78, 5) is 6.75. The van der Waals surface area contributed by atoms with Gasteiger partial charge in [0.25, 0.3) is 0 Å². The first-order chi connectivity index (χ1) is 13.9. The number of rotatable bonds is 4. The van der Waals surface area contributed by atoms with Gasteiger partial charge in [-0.2, -0.15) is 0 Å². The van der Waals surface area contributed by atoms with Gasteiger partial charge in [0, 0.05) is 29.3 Å². The Kier molecular flexibility index (Phi) is 5.04. The number of aromatic nitrogens is 2. The molecular formula is C23H26N4OS. The number of benzene rings is 1. The van der Waals surface area contributed by atoms with Gasteiger partial charge in [-0.05, 0) is 87.9 Å². The number of phenols is 1. The molecule has 0 spiro atoms. The molecule has 2 N–H and O–H groups in total. The van der Waals surface area contributed by atoms with Crippen molar-refractivity contribution in [2.24, 2.45) is 0 Å². The number of phenolic OH excluding ortho intramolecular Hbond substituents is 1. The molecule has 0 bridgehead atoms. The van der Waals surface area contributed by atoms with Crippen LogP contribution in [0.15, 0.2) is 54.7 Å². The third kappa shape index (κ3) is 3.38. The minimum atomic E-state index is -0.0707. The summed E-state index contributed by atoms with van der Waals surface area (Å²) in [5.41, 5.74) is 5.59. The number of nitrogens with zero attached hydrogens (tertiary/aromatic N) is 3. The summed E-state index contributed by atoms with van der Waals surface area (Å²) in [7, 11) is 0. The van der Waals surface area contributed by atoms with Crippen LogP contribution in [-0.4, -0.2) is 19.8 Å². The van der Waals surface area contributed by atoms with E-state index in [-0.39, 0.29) is 17.8 Å². The van der Waals surface area contributed by atoms with Gasteiger partial charge in [-0.15, -0.1) is 0 Å². The van der Waals surface area contributed by atoms with Crippen LogP contribution in [0.1, 0.15) is 54.6 Å². The molecule has 29 heavy (non-hydrogen) atoms. The van der Waals surface area contributed by atoms with E-state index in [0.29, 0.717) is 11.2 Å². The smallest absolute Gasteiger partial charge is 0.174 e. The van der Waals surface area contributed by atoms with Crippen molar-refractivity contribution in [2.75, 3.05) is 4.90 Å². The number of pyridine rings is 1. The van der Waals surface area contributed by atoms with Crippen molar-refractivity contribution in [1.82, 2.24) is 14.9 Å². The van der Waals surface area contributed by atoms with Crippen LogP contribution in [0, 0.1) is 13.8 Å². The van der Waals surface area contributed by atoms with Crippen molar-refractivity contribution in [3.63, 3.8) is 0 Å². The van der Waals surface area contributed by atoms with Gasteiger partial charge in [0.2, 0.25) is 0 Å². The van der Waals surface area contributed by atoms with E-state index < -0.39 is 0 Å². The van der Waals surface area contributed by atoms with Gasteiger partial charge in [0.1, 0.15) is 5.75 Å². The summed E-state index contributed by atoms with van der Waals surface area (Å²) >= 11 is 5.76. The highest BCUT2D eigenvalue weighted by molar-refractivity contribution is 7.80. The zero-order valence-electron chi connectivity index (χ0n) is 17.1. The number of aromatic hydroxyl groups is 1. The van der Waals surface area contributed by atoms with Gasteiger partial charge in [-0.25, -0.2) is 0 Å². The summed E-state index contributed by atoms with van der Waals surface area (Å²) in [5, 5.41) is 13.9. The second-order valence-electron chi connectivity index (χ2n) is 7.80. The molecule has 2 unspecified atom stereocenters. The van der Waals surface area contributed by atoms with E-state index in [0.717, 1.165) is 11.4 Å². The molecule has 1 aliphatic heterocycles. The summed E-state index contributed by atoms with van der Waals surface area (Å²) in [6.07, 6.45) is 1.82.